The van der Waals surface area contributed by atoms with Gasteiger partial charge in [0.15, 0.2) is 0 Å². The van der Waals surface area contributed by atoms with Gasteiger partial charge in [-0.2, -0.15) is 0 Å². The van der Waals surface area contributed by atoms with Crippen LogP contribution in [0.2, 0.25) is 0 Å². The summed E-state index contributed by atoms with van der Waals surface area (Å²) >= 11 is 0. The van der Waals surface area contributed by atoms with E-state index in [2.05, 4.69) is 77.2 Å². The molecule has 0 spiro atoms. The van der Waals surface area contributed by atoms with E-state index in [-0.39, 0.29) is 0 Å². The maximum Gasteiger partial charge on any atom is 0.244 e. The maximum absolute atomic E-state index is 2.28. The Morgan fingerprint density at radius 1 is 1.05 bits per heavy atom. The molecule has 0 aliphatic carbocycles. The first kappa shape index (κ1) is 12.9. The highest BCUT2D eigenvalue weighted by molar-refractivity contribution is 5.82. The second-order valence-corrected chi connectivity index (χ2v) is 5.36. The zero-order valence-corrected chi connectivity index (χ0v) is 12.0. The van der Waals surface area contributed by atoms with Crippen LogP contribution in [0.25, 0.3) is 10.8 Å². The lowest BCUT2D eigenvalue weighted by atomic mass is 10.1. The van der Waals surface area contributed by atoms with Crippen molar-refractivity contribution in [2.24, 2.45) is 0 Å². The minimum absolute atomic E-state index is 0.934. The molecule has 0 amide bonds. The van der Waals surface area contributed by atoms with E-state index in [4.69, 9.17) is 0 Å². The second-order valence-electron chi connectivity index (χ2n) is 5.36. The van der Waals surface area contributed by atoms with Gasteiger partial charge in [-0.25, -0.2) is 9.13 Å². The fourth-order valence-corrected chi connectivity index (χ4v) is 2.55. The van der Waals surface area contributed by atoms with Crippen LogP contribution in [0.3, 0.4) is 0 Å². The smallest absolute Gasteiger partial charge is 0.237 e. The Morgan fingerprint density at radius 3 is 2.75 bits per heavy atom. The number of fused-ring (bicyclic) bond motifs is 1. The van der Waals surface area contributed by atoms with E-state index in [0.29, 0.717) is 0 Å². The molecule has 0 fully saturated rings. The summed E-state index contributed by atoms with van der Waals surface area (Å²) < 4.78 is 4.52. The number of imidazole rings is 1. The SMILES string of the molecule is CCCCn1cc[n+](Cc2ccc3ccccc3c2)c1. The first-order valence-corrected chi connectivity index (χ1v) is 7.37. The molecule has 0 radical (unpaired) electrons. The zero-order chi connectivity index (χ0) is 13.8. The Morgan fingerprint density at radius 2 is 1.90 bits per heavy atom. The van der Waals surface area contributed by atoms with Crippen LogP contribution in [0.1, 0.15) is 25.3 Å². The van der Waals surface area contributed by atoms with Crippen molar-refractivity contribution < 1.29 is 4.57 Å². The van der Waals surface area contributed by atoms with Gasteiger partial charge in [0.25, 0.3) is 0 Å². The Balaban J connectivity index is 1.76. The number of hydrogen-bond acceptors (Lipinski definition) is 0. The first-order valence-electron chi connectivity index (χ1n) is 7.37. The molecule has 0 N–H and O–H groups in total. The third kappa shape index (κ3) is 2.90. The van der Waals surface area contributed by atoms with Gasteiger partial charge in [-0.05, 0) is 28.8 Å². The van der Waals surface area contributed by atoms with Crippen LogP contribution >= 0.6 is 0 Å². The fourth-order valence-electron chi connectivity index (χ4n) is 2.55. The van der Waals surface area contributed by atoms with E-state index in [9.17, 15) is 0 Å². The predicted molar refractivity (Wildman–Crippen MR) is 82.6 cm³/mol. The molecule has 0 unspecified atom stereocenters. The van der Waals surface area contributed by atoms with Crippen molar-refractivity contribution >= 4 is 10.8 Å². The molecule has 1 heterocycles. The Hall–Kier alpha value is -2.09. The van der Waals surface area contributed by atoms with Crippen molar-refractivity contribution in [3.8, 4) is 0 Å². The van der Waals surface area contributed by atoms with Crippen molar-refractivity contribution in [1.82, 2.24) is 4.57 Å². The number of aromatic nitrogens is 2. The Kier molecular flexibility index (Phi) is 3.82. The molecular formula is C18H21N2+. The van der Waals surface area contributed by atoms with Crippen LogP contribution < -0.4 is 4.57 Å². The Bertz CT molecular complexity index is 697. The lowest BCUT2D eigenvalue weighted by Gasteiger charge is -2.01. The maximum atomic E-state index is 2.28. The summed E-state index contributed by atoms with van der Waals surface area (Å²) in [6, 6.07) is 15.2. The molecule has 2 heteroatoms. The zero-order valence-electron chi connectivity index (χ0n) is 12.0. The Labute approximate surface area is 120 Å². The molecule has 0 bridgehead atoms. The van der Waals surface area contributed by atoms with E-state index in [1.807, 2.05) is 0 Å². The van der Waals surface area contributed by atoms with E-state index in [0.717, 1.165) is 13.1 Å². The van der Waals surface area contributed by atoms with Gasteiger partial charge in [-0.1, -0.05) is 49.7 Å². The number of hydrogen-bond donors (Lipinski definition) is 0. The molecule has 3 rings (SSSR count). The van der Waals surface area contributed by atoms with Crippen molar-refractivity contribution in [3.63, 3.8) is 0 Å². The topological polar surface area (TPSA) is 8.81 Å². The number of aryl methyl sites for hydroxylation is 1. The molecule has 0 aliphatic heterocycles. The predicted octanol–water partition coefficient (Wildman–Crippen LogP) is 3.78. The lowest BCUT2D eigenvalue weighted by molar-refractivity contribution is -0.687. The molecule has 102 valence electrons. The second kappa shape index (κ2) is 5.91. The van der Waals surface area contributed by atoms with E-state index < -0.39 is 0 Å². The minimum atomic E-state index is 0.934. The quantitative estimate of drug-likeness (QED) is 0.621. The third-order valence-electron chi connectivity index (χ3n) is 3.70. The average molecular weight is 265 g/mol. The summed E-state index contributed by atoms with van der Waals surface area (Å²) in [6.07, 6.45) is 9.00. The third-order valence-corrected chi connectivity index (χ3v) is 3.70. The molecule has 0 saturated carbocycles. The van der Waals surface area contributed by atoms with Gasteiger partial charge in [-0.3, -0.25) is 0 Å². The summed E-state index contributed by atoms with van der Waals surface area (Å²) in [5.41, 5.74) is 1.35. The van der Waals surface area contributed by atoms with Gasteiger partial charge in [-0.15, -0.1) is 0 Å². The number of rotatable bonds is 5. The van der Waals surface area contributed by atoms with Gasteiger partial charge >= 0.3 is 0 Å². The van der Waals surface area contributed by atoms with Crippen LogP contribution in [-0.2, 0) is 13.1 Å². The number of benzene rings is 2. The molecule has 1 aromatic heterocycles. The highest BCUT2D eigenvalue weighted by Crippen LogP contribution is 2.15. The highest BCUT2D eigenvalue weighted by atomic mass is 15.1. The van der Waals surface area contributed by atoms with Gasteiger partial charge in [0.2, 0.25) is 6.33 Å². The molecule has 0 aliphatic rings. The molecule has 2 aromatic carbocycles. The van der Waals surface area contributed by atoms with Gasteiger partial charge in [0.1, 0.15) is 18.9 Å². The van der Waals surface area contributed by atoms with Crippen LogP contribution in [0.4, 0.5) is 0 Å². The molecule has 20 heavy (non-hydrogen) atoms. The van der Waals surface area contributed by atoms with E-state index >= 15 is 0 Å². The summed E-state index contributed by atoms with van der Waals surface area (Å²) in [5, 5.41) is 2.62. The first-order chi connectivity index (χ1) is 9.85. The van der Waals surface area contributed by atoms with Crippen LogP contribution in [0.15, 0.2) is 61.2 Å². The summed E-state index contributed by atoms with van der Waals surface area (Å²) in [6.45, 7) is 4.28. The lowest BCUT2D eigenvalue weighted by Crippen LogP contribution is -2.31. The van der Waals surface area contributed by atoms with Crippen molar-refractivity contribution in [2.45, 2.75) is 32.9 Å². The molecule has 2 nitrogen and oxygen atoms in total. The summed E-state index contributed by atoms with van der Waals surface area (Å²) in [4.78, 5) is 0. The van der Waals surface area contributed by atoms with Gasteiger partial charge < -0.3 is 0 Å². The van der Waals surface area contributed by atoms with E-state index in [1.165, 1.54) is 29.2 Å². The van der Waals surface area contributed by atoms with Crippen molar-refractivity contribution in [1.29, 1.82) is 0 Å². The standard InChI is InChI=1S/C18H21N2/c1-2-3-10-19-11-12-20(15-19)14-16-8-9-17-6-4-5-7-18(17)13-16/h4-9,11-13,15H,2-3,10,14H2,1H3/q+1. The average Bonchev–Trinajstić information content (AvgIpc) is 2.92. The number of unbranched alkanes of at least 4 members (excludes halogenated alkanes) is 1. The molecular weight excluding hydrogens is 244 g/mol. The van der Waals surface area contributed by atoms with Crippen molar-refractivity contribution in [3.05, 3.63) is 66.7 Å². The van der Waals surface area contributed by atoms with Crippen LogP contribution in [-0.4, -0.2) is 4.57 Å². The molecule has 3 aromatic rings. The van der Waals surface area contributed by atoms with Crippen LogP contribution in [0, 0.1) is 0 Å². The summed E-state index contributed by atoms with van der Waals surface area (Å²) in [5.74, 6) is 0. The minimum Gasteiger partial charge on any atom is -0.237 e. The van der Waals surface area contributed by atoms with E-state index in [1.54, 1.807) is 0 Å². The monoisotopic (exact) mass is 265 g/mol. The van der Waals surface area contributed by atoms with Gasteiger partial charge in [0, 0.05) is 0 Å². The molecule has 0 atom stereocenters. The van der Waals surface area contributed by atoms with Crippen molar-refractivity contribution in [2.75, 3.05) is 0 Å². The largest absolute Gasteiger partial charge is 0.244 e. The molecule has 0 saturated heterocycles. The fraction of sp³-hybridized carbons (Fsp3) is 0.278. The summed E-state index contributed by atoms with van der Waals surface area (Å²) in [7, 11) is 0. The normalized spacial score (nSPS) is 11.1. The highest BCUT2D eigenvalue weighted by Gasteiger charge is 2.05. The van der Waals surface area contributed by atoms with Crippen LogP contribution in [0.5, 0.6) is 0 Å². The van der Waals surface area contributed by atoms with Gasteiger partial charge in [0.05, 0.1) is 6.54 Å². The number of nitrogens with zero attached hydrogens (tertiary/aromatic N) is 2.